The van der Waals surface area contributed by atoms with Crippen LogP contribution in [0.25, 0.3) is 0 Å². The molecule has 33 heavy (non-hydrogen) atoms. The normalized spacial score (nSPS) is 20.7. The predicted octanol–water partition coefficient (Wildman–Crippen LogP) is 0.984. The molecule has 2 aromatic rings. The number of nitrogens with one attached hydrogen (secondary N) is 3. The van der Waals surface area contributed by atoms with E-state index in [1.54, 1.807) is 6.92 Å². The SMILES string of the molecule is Cc1nc(N/N=C(\C=N)CN2C[C@@H](c3ccc4c(c3C)COC4=O)N[C@@H](N)C2)ncc1C#N. The topological polar surface area (TPSA) is 165 Å². The predicted molar refractivity (Wildman–Crippen MR) is 122 cm³/mol. The molecule has 0 unspecified atom stereocenters. The van der Waals surface area contributed by atoms with Crippen molar-refractivity contribution >= 4 is 23.8 Å². The number of nitriles is 1. The Morgan fingerprint density at radius 2 is 2.30 bits per heavy atom. The summed E-state index contributed by atoms with van der Waals surface area (Å²) in [5, 5.41) is 24.4. The summed E-state index contributed by atoms with van der Waals surface area (Å²) in [6, 6.07) is 5.74. The molecule has 1 fully saturated rings. The molecule has 1 aromatic carbocycles. The number of nitrogens with zero attached hydrogens (tertiary/aromatic N) is 5. The van der Waals surface area contributed by atoms with Crippen molar-refractivity contribution in [1.82, 2.24) is 20.2 Å². The highest BCUT2D eigenvalue weighted by atomic mass is 16.5. The Bertz CT molecular complexity index is 1170. The van der Waals surface area contributed by atoms with Crippen molar-refractivity contribution in [3.8, 4) is 6.07 Å². The van der Waals surface area contributed by atoms with Crippen molar-refractivity contribution < 1.29 is 9.53 Å². The van der Waals surface area contributed by atoms with Gasteiger partial charge < -0.3 is 15.9 Å². The van der Waals surface area contributed by atoms with Crippen LogP contribution in [0.4, 0.5) is 5.95 Å². The molecule has 2 atom stereocenters. The number of anilines is 1. The number of hydrogen-bond donors (Lipinski definition) is 4. The Labute approximate surface area is 191 Å². The standard InChI is InChI=1S/C22H25N9O2/c1-12-16(3-4-17-18(12)11-33-21(17)32)19-9-31(10-20(25)28-19)8-15(6-24)29-30-22-26-7-14(5-23)13(2)27-22/h3-4,6-7,19-20,24,28H,8-11,25H2,1-2H3,(H,26,27,30)/b24-6?,29-15+/t19-,20+/m0/s1. The number of fused-ring (bicyclic) bond motifs is 1. The minimum Gasteiger partial charge on any atom is -0.457 e. The minimum atomic E-state index is -0.282. The summed E-state index contributed by atoms with van der Waals surface area (Å²) < 4.78 is 5.17. The summed E-state index contributed by atoms with van der Waals surface area (Å²) in [6.45, 7) is 5.66. The molecule has 5 N–H and O–H groups in total. The Morgan fingerprint density at radius 1 is 1.48 bits per heavy atom. The van der Waals surface area contributed by atoms with Gasteiger partial charge in [-0.3, -0.25) is 10.2 Å². The average molecular weight is 448 g/mol. The van der Waals surface area contributed by atoms with Gasteiger partial charge in [0, 0.05) is 37.5 Å². The van der Waals surface area contributed by atoms with Gasteiger partial charge in [0.05, 0.1) is 34.9 Å². The van der Waals surface area contributed by atoms with Gasteiger partial charge in [-0.15, -0.1) is 0 Å². The second-order valence-corrected chi connectivity index (χ2v) is 8.07. The van der Waals surface area contributed by atoms with Gasteiger partial charge in [-0.2, -0.15) is 10.4 Å². The van der Waals surface area contributed by atoms with E-state index in [1.165, 1.54) is 12.4 Å². The van der Waals surface area contributed by atoms with E-state index in [0.29, 0.717) is 48.8 Å². The molecule has 0 aliphatic carbocycles. The highest BCUT2D eigenvalue weighted by Crippen LogP contribution is 2.30. The van der Waals surface area contributed by atoms with Gasteiger partial charge in [-0.1, -0.05) is 6.07 Å². The Morgan fingerprint density at radius 3 is 3.03 bits per heavy atom. The molecule has 1 saturated heterocycles. The lowest BCUT2D eigenvalue weighted by atomic mass is 9.93. The summed E-state index contributed by atoms with van der Waals surface area (Å²) in [5.41, 5.74) is 14.1. The van der Waals surface area contributed by atoms with Crippen molar-refractivity contribution in [1.29, 1.82) is 10.7 Å². The van der Waals surface area contributed by atoms with Crippen LogP contribution in [0.1, 0.15) is 44.3 Å². The van der Waals surface area contributed by atoms with Crippen molar-refractivity contribution in [2.45, 2.75) is 32.7 Å². The number of hydrazone groups is 1. The average Bonchev–Trinajstić information content (AvgIpc) is 3.18. The van der Waals surface area contributed by atoms with Gasteiger partial charge in [-0.25, -0.2) is 20.2 Å². The van der Waals surface area contributed by atoms with E-state index in [-0.39, 0.29) is 24.1 Å². The molecular weight excluding hydrogens is 422 g/mol. The van der Waals surface area contributed by atoms with Crippen molar-refractivity contribution in [2.24, 2.45) is 10.8 Å². The molecule has 4 rings (SSSR count). The zero-order valence-corrected chi connectivity index (χ0v) is 18.4. The molecule has 11 heteroatoms. The van der Waals surface area contributed by atoms with Gasteiger partial charge in [-0.05, 0) is 31.0 Å². The van der Waals surface area contributed by atoms with Gasteiger partial charge >= 0.3 is 5.97 Å². The maximum atomic E-state index is 11.8. The number of esters is 1. The zero-order chi connectivity index (χ0) is 23.5. The molecule has 0 amide bonds. The molecule has 1 aromatic heterocycles. The van der Waals surface area contributed by atoms with E-state index in [2.05, 4.69) is 30.7 Å². The Kier molecular flexibility index (Phi) is 6.41. The van der Waals surface area contributed by atoms with Gasteiger partial charge in [0.1, 0.15) is 12.7 Å². The first-order chi connectivity index (χ1) is 15.9. The van der Waals surface area contributed by atoms with Crippen molar-refractivity contribution in [2.75, 3.05) is 25.1 Å². The molecule has 2 aliphatic heterocycles. The van der Waals surface area contributed by atoms with E-state index in [4.69, 9.17) is 21.1 Å². The lowest BCUT2D eigenvalue weighted by Crippen LogP contribution is -2.57. The first-order valence-electron chi connectivity index (χ1n) is 10.5. The Balaban J connectivity index is 1.47. The van der Waals surface area contributed by atoms with Crippen LogP contribution >= 0.6 is 0 Å². The number of cyclic esters (lactones) is 1. The van der Waals surface area contributed by atoms with E-state index >= 15 is 0 Å². The third-order valence-electron chi connectivity index (χ3n) is 5.85. The van der Waals surface area contributed by atoms with Crippen LogP contribution in [0.15, 0.2) is 23.4 Å². The van der Waals surface area contributed by atoms with E-state index < -0.39 is 0 Å². The largest absolute Gasteiger partial charge is 0.457 e. The summed E-state index contributed by atoms with van der Waals surface area (Å²) in [6.07, 6.45) is 2.34. The van der Waals surface area contributed by atoms with Crippen LogP contribution in [0.3, 0.4) is 0 Å². The number of nitrogens with two attached hydrogens (primary N) is 1. The zero-order valence-electron chi connectivity index (χ0n) is 18.4. The van der Waals surface area contributed by atoms with Crippen LogP contribution in [0.5, 0.6) is 0 Å². The van der Waals surface area contributed by atoms with Crippen molar-refractivity contribution in [3.63, 3.8) is 0 Å². The fraction of sp³-hybridized carbons (Fsp3) is 0.364. The third-order valence-corrected chi connectivity index (χ3v) is 5.85. The number of benzene rings is 1. The molecule has 11 nitrogen and oxygen atoms in total. The second kappa shape index (κ2) is 9.41. The van der Waals surface area contributed by atoms with E-state index in [9.17, 15) is 4.79 Å². The van der Waals surface area contributed by atoms with Gasteiger partial charge in [0.15, 0.2) is 0 Å². The van der Waals surface area contributed by atoms with Crippen molar-refractivity contribution in [3.05, 3.63) is 51.8 Å². The summed E-state index contributed by atoms with van der Waals surface area (Å²) >= 11 is 0. The molecule has 0 saturated carbocycles. The number of aromatic nitrogens is 2. The monoisotopic (exact) mass is 447 g/mol. The van der Waals surface area contributed by atoms with E-state index in [0.717, 1.165) is 16.7 Å². The second-order valence-electron chi connectivity index (χ2n) is 8.07. The molecule has 0 spiro atoms. The third kappa shape index (κ3) is 4.73. The number of carbonyl (C=O) groups is 1. The first kappa shape index (κ1) is 22.5. The molecule has 0 bridgehead atoms. The lowest BCUT2D eigenvalue weighted by molar-refractivity contribution is 0.0535. The number of aryl methyl sites for hydroxylation is 1. The quantitative estimate of drug-likeness (QED) is 0.287. The highest BCUT2D eigenvalue weighted by Gasteiger charge is 2.30. The van der Waals surface area contributed by atoms with Crippen LogP contribution in [-0.4, -0.2) is 58.6 Å². The fourth-order valence-corrected chi connectivity index (χ4v) is 4.13. The Hall–Kier alpha value is -3.72. The number of ether oxygens (including phenoxy) is 1. The van der Waals surface area contributed by atoms with Gasteiger partial charge in [0.2, 0.25) is 5.95 Å². The maximum absolute atomic E-state index is 11.8. The van der Waals surface area contributed by atoms with E-state index in [1.807, 2.05) is 25.1 Å². The number of carbonyl (C=O) groups excluding carboxylic acids is 1. The highest BCUT2D eigenvalue weighted by molar-refractivity contribution is 6.30. The van der Waals surface area contributed by atoms with Crippen LogP contribution < -0.4 is 16.5 Å². The summed E-state index contributed by atoms with van der Waals surface area (Å²) in [7, 11) is 0. The summed E-state index contributed by atoms with van der Waals surface area (Å²) in [5.74, 6) is -0.0263. The number of piperazine rings is 1. The first-order valence-corrected chi connectivity index (χ1v) is 10.5. The molecule has 2 aliphatic rings. The molecule has 0 radical (unpaired) electrons. The fourth-order valence-electron chi connectivity index (χ4n) is 4.13. The molecular formula is C22H25N9O2. The maximum Gasteiger partial charge on any atom is 0.338 e. The number of hydrogen-bond acceptors (Lipinski definition) is 11. The number of rotatable bonds is 6. The molecule has 3 heterocycles. The lowest BCUT2D eigenvalue weighted by Gasteiger charge is -2.38. The van der Waals surface area contributed by atoms with Crippen LogP contribution in [-0.2, 0) is 11.3 Å². The molecule has 170 valence electrons. The van der Waals surface area contributed by atoms with Crippen LogP contribution in [0.2, 0.25) is 0 Å². The summed E-state index contributed by atoms with van der Waals surface area (Å²) in [4.78, 5) is 22.2. The minimum absolute atomic E-state index is 0.0424. The smallest absolute Gasteiger partial charge is 0.338 e. The van der Waals surface area contributed by atoms with Gasteiger partial charge in [0.25, 0.3) is 0 Å². The van der Waals surface area contributed by atoms with Crippen LogP contribution in [0, 0.1) is 30.6 Å².